The summed E-state index contributed by atoms with van der Waals surface area (Å²) in [6.45, 7) is 6.35. The van der Waals surface area contributed by atoms with E-state index in [-0.39, 0.29) is 17.6 Å². The smallest absolute Gasteiger partial charge is 0.355 e. The third-order valence-electron chi connectivity index (χ3n) is 4.00. The van der Waals surface area contributed by atoms with E-state index in [2.05, 4.69) is 20.9 Å². The number of ether oxygens (including phenoxy) is 3. The number of H-pyrrole nitrogens is 1. The molecule has 0 bridgehead atoms. The van der Waals surface area contributed by atoms with Crippen LogP contribution in [0, 0.1) is 13.8 Å². The van der Waals surface area contributed by atoms with E-state index in [1.165, 1.54) is 7.11 Å². The van der Waals surface area contributed by atoms with Gasteiger partial charge in [0.05, 0.1) is 23.2 Å². The Bertz CT molecular complexity index is 916. The van der Waals surface area contributed by atoms with Crippen molar-refractivity contribution in [3.8, 4) is 5.75 Å². The summed E-state index contributed by atoms with van der Waals surface area (Å²) >= 11 is 3.31. The van der Waals surface area contributed by atoms with Crippen LogP contribution in [0.1, 0.15) is 56.3 Å². The number of ketones is 1. The third-order valence-corrected chi connectivity index (χ3v) is 4.62. The van der Waals surface area contributed by atoms with Crippen molar-refractivity contribution in [1.82, 2.24) is 4.98 Å². The van der Waals surface area contributed by atoms with E-state index in [1.54, 1.807) is 45.9 Å². The Morgan fingerprint density at radius 1 is 1.14 bits per heavy atom. The summed E-state index contributed by atoms with van der Waals surface area (Å²) in [5, 5.41) is 0. The first-order valence-electron chi connectivity index (χ1n) is 8.59. The maximum absolute atomic E-state index is 12.4. The van der Waals surface area contributed by atoms with Gasteiger partial charge in [0.1, 0.15) is 11.4 Å². The second kappa shape index (κ2) is 9.05. The number of aromatic amines is 1. The fourth-order valence-corrected chi connectivity index (χ4v) is 3.20. The molecule has 0 saturated carbocycles. The van der Waals surface area contributed by atoms with Crippen LogP contribution in [0.25, 0.3) is 0 Å². The zero-order chi connectivity index (χ0) is 21.0. The van der Waals surface area contributed by atoms with E-state index in [9.17, 15) is 14.4 Å². The van der Waals surface area contributed by atoms with Gasteiger partial charge in [-0.3, -0.25) is 4.79 Å². The highest BCUT2D eigenvalue weighted by Crippen LogP contribution is 2.26. The summed E-state index contributed by atoms with van der Waals surface area (Å²) in [7, 11) is 1.52. The summed E-state index contributed by atoms with van der Waals surface area (Å²) in [5.41, 5.74) is 1.72. The van der Waals surface area contributed by atoms with Crippen molar-refractivity contribution in [1.29, 1.82) is 0 Å². The lowest BCUT2D eigenvalue weighted by Crippen LogP contribution is -2.16. The van der Waals surface area contributed by atoms with E-state index < -0.39 is 18.5 Å². The molecule has 0 fully saturated rings. The maximum atomic E-state index is 12.4. The molecule has 0 saturated heterocycles. The quantitative estimate of drug-likeness (QED) is 0.504. The molecule has 8 heteroatoms. The summed E-state index contributed by atoms with van der Waals surface area (Å²) < 4.78 is 16.1. The lowest BCUT2D eigenvalue weighted by Gasteiger charge is -2.08. The van der Waals surface area contributed by atoms with Gasteiger partial charge in [-0.25, -0.2) is 9.59 Å². The van der Waals surface area contributed by atoms with E-state index in [1.807, 2.05) is 0 Å². The predicted molar refractivity (Wildman–Crippen MR) is 106 cm³/mol. The molecule has 0 aliphatic rings. The summed E-state index contributed by atoms with van der Waals surface area (Å²) in [4.78, 5) is 39.7. The minimum absolute atomic E-state index is 0.122. The Balaban J connectivity index is 2.10. The third kappa shape index (κ3) is 4.81. The number of hydrogen-bond donors (Lipinski definition) is 1. The van der Waals surface area contributed by atoms with Crippen LogP contribution in [0.15, 0.2) is 22.7 Å². The average Bonchev–Trinajstić information content (AvgIpc) is 2.93. The van der Waals surface area contributed by atoms with Crippen molar-refractivity contribution < 1.29 is 28.6 Å². The lowest BCUT2D eigenvalue weighted by atomic mass is 10.1. The number of Topliss-reactive ketones (excluding diaryl/α,β-unsaturated/α-hetero) is 1. The number of carbonyl (C=O) groups excluding carboxylic acids is 3. The maximum Gasteiger partial charge on any atom is 0.355 e. The summed E-state index contributed by atoms with van der Waals surface area (Å²) in [6.07, 6.45) is -0.280. The first-order valence-corrected chi connectivity index (χ1v) is 9.39. The number of methoxy groups -OCH3 is 1. The van der Waals surface area contributed by atoms with Gasteiger partial charge in [-0.2, -0.15) is 0 Å². The molecule has 1 N–H and O–H groups in total. The Hall–Kier alpha value is -2.61. The van der Waals surface area contributed by atoms with Crippen molar-refractivity contribution in [2.24, 2.45) is 0 Å². The molecule has 0 atom stereocenters. The Kier molecular flexibility index (Phi) is 7.01. The van der Waals surface area contributed by atoms with Gasteiger partial charge in [-0.05, 0) is 67.4 Å². The van der Waals surface area contributed by atoms with Gasteiger partial charge in [0, 0.05) is 11.3 Å². The Morgan fingerprint density at radius 3 is 2.39 bits per heavy atom. The fourth-order valence-electron chi connectivity index (χ4n) is 2.66. The van der Waals surface area contributed by atoms with E-state index in [0.717, 1.165) is 0 Å². The minimum atomic E-state index is -0.717. The van der Waals surface area contributed by atoms with Crippen molar-refractivity contribution in [2.75, 3.05) is 13.7 Å². The van der Waals surface area contributed by atoms with Crippen LogP contribution in [0.2, 0.25) is 0 Å². The first-order chi connectivity index (χ1) is 13.1. The number of esters is 2. The van der Waals surface area contributed by atoms with Crippen molar-refractivity contribution >= 4 is 33.7 Å². The zero-order valence-corrected chi connectivity index (χ0v) is 17.9. The van der Waals surface area contributed by atoms with E-state index >= 15 is 0 Å². The van der Waals surface area contributed by atoms with Crippen LogP contribution in [-0.4, -0.2) is 42.5 Å². The SMILES string of the molecule is COc1ccc(C(=O)COC(=O)c2[nH]c(C)c(C(=O)OC(C)C)c2C)cc1Br. The van der Waals surface area contributed by atoms with Gasteiger partial charge < -0.3 is 19.2 Å². The van der Waals surface area contributed by atoms with Crippen molar-refractivity contribution in [2.45, 2.75) is 33.8 Å². The standard InChI is InChI=1S/C20H22BrNO6/c1-10(2)28-19(24)17-11(3)18(22-12(17)4)20(25)27-9-15(23)13-6-7-16(26-5)14(21)8-13/h6-8,10,22H,9H2,1-5H3. The molecule has 28 heavy (non-hydrogen) atoms. The molecular weight excluding hydrogens is 430 g/mol. The highest BCUT2D eigenvalue weighted by atomic mass is 79.9. The van der Waals surface area contributed by atoms with E-state index in [0.29, 0.717) is 32.6 Å². The van der Waals surface area contributed by atoms with Crippen LogP contribution in [0.5, 0.6) is 5.75 Å². The number of aromatic nitrogens is 1. The fraction of sp³-hybridized carbons (Fsp3) is 0.350. The molecule has 7 nitrogen and oxygen atoms in total. The number of benzene rings is 1. The number of aryl methyl sites for hydroxylation is 1. The zero-order valence-electron chi connectivity index (χ0n) is 16.3. The molecule has 0 aliphatic heterocycles. The van der Waals surface area contributed by atoms with Crippen LogP contribution in [0.3, 0.4) is 0 Å². The van der Waals surface area contributed by atoms with E-state index in [4.69, 9.17) is 14.2 Å². The largest absolute Gasteiger partial charge is 0.496 e. The number of halogens is 1. The summed E-state index contributed by atoms with van der Waals surface area (Å²) in [6, 6.07) is 4.83. The van der Waals surface area contributed by atoms with Crippen LogP contribution >= 0.6 is 15.9 Å². The molecule has 0 amide bonds. The predicted octanol–water partition coefficient (Wildman–Crippen LogP) is 4.01. The minimum Gasteiger partial charge on any atom is -0.496 e. The average molecular weight is 452 g/mol. The van der Waals surface area contributed by atoms with Gasteiger partial charge in [0.2, 0.25) is 0 Å². The molecular formula is C20H22BrNO6. The normalized spacial score (nSPS) is 10.7. The lowest BCUT2D eigenvalue weighted by molar-refractivity contribution is 0.0376. The van der Waals surface area contributed by atoms with Crippen molar-refractivity contribution in [3.05, 3.63) is 50.8 Å². The molecule has 2 rings (SSSR count). The Morgan fingerprint density at radius 2 is 1.82 bits per heavy atom. The molecule has 1 aromatic heterocycles. The number of hydrogen-bond acceptors (Lipinski definition) is 6. The van der Waals surface area contributed by atoms with Crippen LogP contribution < -0.4 is 4.74 Å². The van der Waals surface area contributed by atoms with Gasteiger partial charge in [0.25, 0.3) is 0 Å². The van der Waals surface area contributed by atoms with Crippen LogP contribution in [0.4, 0.5) is 0 Å². The number of nitrogens with one attached hydrogen (secondary N) is 1. The van der Waals surface area contributed by atoms with Crippen molar-refractivity contribution in [3.63, 3.8) is 0 Å². The van der Waals surface area contributed by atoms with Crippen LogP contribution in [-0.2, 0) is 9.47 Å². The first kappa shape index (κ1) is 21.7. The molecule has 1 aromatic carbocycles. The molecule has 0 aliphatic carbocycles. The Labute approximate surface area is 171 Å². The molecule has 1 heterocycles. The second-order valence-corrected chi connectivity index (χ2v) is 7.28. The molecule has 150 valence electrons. The van der Waals surface area contributed by atoms with Gasteiger partial charge in [-0.15, -0.1) is 0 Å². The molecule has 0 unspecified atom stereocenters. The molecule has 0 spiro atoms. The highest BCUT2D eigenvalue weighted by molar-refractivity contribution is 9.10. The van der Waals surface area contributed by atoms with Gasteiger partial charge in [0.15, 0.2) is 12.4 Å². The monoisotopic (exact) mass is 451 g/mol. The molecule has 2 aromatic rings. The van der Waals surface area contributed by atoms with Gasteiger partial charge >= 0.3 is 11.9 Å². The number of rotatable bonds is 7. The van der Waals surface area contributed by atoms with Gasteiger partial charge in [-0.1, -0.05) is 0 Å². The topological polar surface area (TPSA) is 94.7 Å². The highest BCUT2D eigenvalue weighted by Gasteiger charge is 2.25. The second-order valence-electron chi connectivity index (χ2n) is 6.43. The summed E-state index contributed by atoms with van der Waals surface area (Å²) in [5.74, 6) is -1.01. The number of carbonyl (C=O) groups is 3. The molecule has 0 radical (unpaired) electrons.